The summed E-state index contributed by atoms with van der Waals surface area (Å²) >= 11 is 0. The zero-order valence-electron chi connectivity index (χ0n) is 9.09. The van der Waals surface area contributed by atoms with Gasteiger partial charge in [0, 0.05) is 0 Å². The number of hydrogen-bond donors (Lipinski definition) is 0. The molecule has 3 aliphatic heterocycles. The molecule has 3 aliphatic rings. The van der Waals surface area contributed by atoms with E-state index in [1.165, 1.54) is 6.40 Å². The fraction of sp³-hybridized carbons (Fsp3) is 0.700. The predicted molar refractivity (Wildman–Crippen MR) is 60.4 cm³/mol. The van der Waals surface area contributed by atoms with Gasteiger partial charge in [0.2, 0.25) is 0 Å². The van der Waals surface area contributed by atoms with Crippen LogP contribution in [0.4, 0.5) is 0 Å². The predicted octanol–water partition coefficient (Wildman–Crippen LogP) is 0.279. The molecule has 0 saturated carbocycles. The van der Waals surface area contributed by atoms with Crippen molar-refractivity contribution in [2.75, 3.05) is 39.5 Å². The van der Waals surface area contributed by atoms with Crippen molar-refractivity contribution in [1.82, 2.24) is 0 Å². The van der Waals surface area contributed by atoms with E-state index in [2.05, 4.69) is 19.7 Å². The lowest BCUT2D eigenvalue weighted by molar-refractivity contribution is 0.324. The van der Waals surface area contributed by atoms with Gasteiger partial charge in [-0.1, -0.05) is 0 Å². The summed E-state index contributed by atoms with van der Waals surface area (Å²) in [5, 5.41) is 0. The first-order valence-electron chi connectivity index (χ1n) is 5.37. The van der Waals surface area contributed by atoms with Crippen LogP contribution >= 0.6 is 0 Å². The average Bonchev–Trinajstić information content (AvgIpc) is 3.05. The van der Waals surface area contributed by atoms with Gasteiger partial charge in [-0.15, -0.1) is 0 Å². The second-order valence-electron chi connectivity index (χ2n) is 3.31. The second kappa shape index (κ2) is 6.09. The smallest absolute Gasteiger partial charge is 0.192 e. The molecule has 6 heteroatoms. The van der Waals surface area contributed by atoms with E-state index in [0.29, 0.717) is 19.6 Å². The van der Waals surface area contributed by atoms with E-state index in [1.54, 1.807) is 0 Å². The Balaban J connectivity index is 0.000000162. The van der Waals surface area contributed by atoms with Gasteiger partial charge in [0.25, 0.3) is 0 Å². The second-order valence-corrected chi connectivity index (χ2v) is 3.31. The van der Waals surface area contributed by atoms with Crippen molar-refractivity contribution < 1.29 is 14.2 Å². The maximum atomic E-state index is 5.20. The van der Waals surface area contributed by atoms with Crippen LogP contribution in [0, 0.1) is 0 Å². The van der Waals surface area contributed by atoms with Crippen molar-refractivity contribution in [1.29, 1.82) is 0 Å². The Hall–Kier alpha value is -1.59. The normalized spacial score (nSPS) is 21.2. The molecule has 3 heterocycles. The van der Waals surface area contributed by atoms with Crippen LogP contribution in [-0.4, -0.2) is 57.7 Å². The fourth-order valence-electron chi connectivity index (χ4n) is 1.37. The Kier molecular flexibility index (Phi) is 4.16. The van der Waals surface area contributed by atoms with Crippen molar-refractivity contribution in [3.63, 3.8) is 0 Å². The summed E-state index contributed by atoms with van der Waals surface area (Å²) in [4.78, 5) is 12.0. The van der Waals surface area contributed by atoms with Gasteiger partial charge in [0.15, 0.2) is 18.2 Å². The van der Waals surface area contributed by atoms with Crippen LogP contribution in [0.1, 0.15) is 6.42 Å². The first kappa shape index (κ1) is 10.9. The average molecular weight is 225 g/mol. The molecule has 3 rings (SSSR count). The molecule has 0 aromatic carbocycles. The van der Waals surface area contributed by atoms with Crippen LogP contribution in [0.15, 0.2) is 15.0 Å². The molecule has 0 atom stereocenters. The topological polar surface area (TPSA) is 64.8 Å². The summed E-state index contributed by atoms with van der Waals surface area (Å²) in [5.41, 5.74) is 0. The SMILES string of the molecule is C1=NCCO1.C1COC(CC2=NCCO2)=N1. The third kappa shape index (κ3) is 3.52. The molecular formula is C10H15N3O3. The molecule has 6 nitrogen and oxygen atoms in total. The van der Waals surface area contributed by atoms with Gasteiger partial charge in [0.05, 0.1) is 26.1 Å². The van der Waals surface area contributed by atoms with Crippen molar-refractivity contribution in [3.05, 3.63) is 0 Å². The summed E-state index contributed by atoms with van der Waals surface area (Å²) in [5.74, 6) is 1.54. The zero-order chi connectivity index (χ0) is 11.1. The van der Waals surface area contributed by atoms with Crippen LogP contribution in [0.5, 0.6) is 0 Å². The highest BCUT2D eigenvalue weighted by atomic mass is 16.5. The van der Waals surface area contributed by atoms with E-state index >= 15 is 0 Å². The largest absolute Gasteiger partial charge is 0.482 e. The third-order valence-corrected chi connectivity index (χ3v) is 2.09. The Morgan fingerprint density at radius 2 is 1.62 bits per heavy atom. The highest BCUT2D eigenvalue weighted by molar-refractivity contribution is 5.97. The quantitative estimate of drug-likeness (QED) is 0.678. The molecule has 16 heavy (non-hydrogen) atoms. The highest BCUT2D eigenvalue weighted by Gasteiger charge is 2.14. The van der Waals surface area contributed by atoms with E-state index < -0.39 is 0 Å². The number of aliphatic imine (C=N–C) groups is 3. The van der Waals surface area contributed by atoms with E-state index in [9.17, 15) is 0 Å². The number of ether oxygens (including phenoxy) is 3. The Morgan fingerprint density at radius 3 is 1.94 bits per heavy atom. The number of hydrogen-bond acceptors (Lipinski definition) is 6. The minimum Gasteiger partial charge on any atom is -0.482 e. The summed E-state index contributed by atoms with van der Waals surface area (Å²) in [7, 11) is 0. The van der Waals surface area contributed by atoms with Gasteiger partial charge in [-0.25, -0.2) is 0 Å². The number of nitrogens with zero attached hydrogens (tertiary/aromatic N) is 3. The van der Waals surface area contributed by atoms with Gasteiger partial charge in [0.1, 0.15) is 19.8 Å². The Bertz CT molecular complexity index is 284. The Labute approximate surface area is 94.0 Å². The summed E-state index contributed by atoms with van der Waals surface area (Å²) in [6.45, 7) is 4.61. The molecule has 0 aromatic rings. The van der Waals surface area contributed by atoms with Crippen LogP contribution in [0.2, 0.25) is 0 Å². The molecule has 0 aliphatic carbocycles. The van der Waals surface area contributed by atoms with Crippen molar-refractivity contribution in [3.8, 4) is 0 Å². The van der Waals surface area contributed by atoms with Crippen LogP contribution in [0.3, 0.4) is 0 Å². The van der Waals surface area contributed by atoms with E-state index in [0.717, 1.165) is 38.0 Å². The molecule has 0 spiro atoms. The summed E-state index contributed by atoms with van der Waals surface area (Å²) in [6.07, 6.45) is 2.12. The zero-order valence-corrected chi connectivity index (χ0v) is 9.09. The van der Waals surface area contributed by atoms with Gasteiger partial charge < -0.3 is 14.2 Å². The van der Waals surface area contributed by atoms with Crippen LogP contribution < -0.4 is 0 Å². The molecule has 0 N–H and O–H groups in total. The maximum Gasteiger partial charge on any atom is 0.192 e. The minimum atomic E-state index is 0.639. The lowest BCUT2D eigenvalue weighted by Crippen LogP contribution is -2.08. The molecule has 0 saturated heterocycles. The lowest BCUT2D eigenvalue weighted by atomic mass is 10.4. The Morgan fingerprint density at radius 1 is 0.938 bits per heavy atom. The van der Waals surface area contributed by atoms with Crippen molar-refractivity contribution >= 4 is 18.2 Å². The first-order chi connectivity index (χ1) is 7.95. The highest BCUT2D eigenvalue weighted by Crippen LogP contribution is 2.04. The molecule has 0 bridgehead atoms. The lowest BCUT2D eigenvalue weighted by Gasteiger charge is -2.00. The monoisotopic (exact) mass is 225 g/mol. The van der Waals surface area contributed by atoms with Crippen LogP contribution in [-0.2, 0) is 14.2 Å². The molecule has 0 radical (unpaired) electrons. The van der Waals surface area contributed by atoms with Gasteiger partial charge >= 0.3 is 0 Å². The minimum absolute atomic E-state index is 0.639. The maximum absolute atomic E-state index is 5.20. The van der Waals surface area contributed by atoms with E-state index in [4.69, 9.17) is 9.47 Å². The summed E-state index contributed by atoms with van der Waals surface area (Å²) in [6, 6.07) is 0. The van der Waals surface area contributed by atoms with E-state index in [-0.39, 0.29) is 0 Å². The molecule has 0 fully saturated rings. The number of rotatable bonds is 2. The summed E-state index contributed by atoms with van der Waals surface area (Å²) < 4.78 is 15.1. The fourth-order valence-corrected chi connectivity index (χ4v) is 1.37. The van der Waals surface area contributed by atoms with Gasteiger partial charge in [-0.2, -0.15) is 0 Å². The standard InChI is InChI=1S/C7H10N2O2.C3H5NO/c1-3-10-6(8-1)5-7-9-2-4-11-7;1-2-5-3-4-1/h1-5H2;3H,1-2H2. The molecular weight excluding hydrogens is 210 g/mol. The van der Waals surface area contributed by atoms with E-state index in [1.807, 2.05) is 0 Å². The van der Waals surface area contributed by atoms with Crippen molar-refractivity contribution in [2.24, 2.45) is 15.0 Å². The van der Waals surface area contributed by atoms with Crippen molar-refractivity contribution in [2.45, 2.75) is 6.42 Å². The molecule has 88 valence electrons. The molecule has 0 unspecified atom stereocenters. The van der Waals surface area contributed by atoms with Crippen LogP contribution in [0.25, 0.3) is 0 Å². The van der Waals surface area contributed by atoms with Gasteiger partial charge in [-0.3, -0.25) is 15.0 Å². The molecule has 0 amide bonds. The van der Waals surface area contributed by atoms with Gasteiger partial charge in [-0.05, 0) is 0 Å². The molecule has 0 aromatic heterocycles. The first-order valence-corrected chi connectivity index (χ1v) is 5.37. The third-order valence-electron chi connectivity index (χ3n) is 2.09.